The first-order valence-electron chi connectivity index (χ1n) is 4.88. The predicted octanol–water partition coefficient (Wildman–Crippen LogP) is 1.63. The molecule has 0 aromatic carbocycles. The second-order valence-electron chi connectivity index (χ2n) is 3.65. The summed E-state index contributed by atoms with van der Waals surface area (Å²) in [5.74, 6) is -1.87. The smallest absolute Gasteiger partial charge is 0.354 e. The third-order valence-electron chi connectivity index (χ3n) is 2.45. The van der Waals surface area contributed by atoms with Gasteiger partial charge < -0.3 is 5.11 Å². The van der Waals surface area contributed by atoms with E-state index in [1.165, 1.54) is 10.9 Å². The largest absolute Gasteiger partial charge is 0.477 e. The lowest BCUT2D eigenvalue weighted by Crippen LogP contribution is -2.03. The fourth-order valence-corrected chi connectivity index (χ4v) is 1.66. The summed E-state index contributed by atoms with van der Waals surface area (Å²) >= 11 is 0. The zero-order chi connectivity index (χ0) is 12.6. The molecule has 0 saturated carbocycles. The molecule has 6 heteroatoms. The van der Waals surface area contributed by atoms with Gasteiger partial charge in [0.1, 0.15) is 5.82 Å². The molecule has 0 amide bonds. The Hall–Kier alpha value is -2.24. The van der Waals surface area contributed by atoms with Crippen molar-refractivity contribution in [3.05, 3.63) is 35.5 Å². The van der Waals surface area contributed by atoms with Crippen LogP contribution >= 0.6 is 0 Å². The summed E-state index contributed by atoms with van der Waals surface area (Å²) in [7, 11) is 1.69. The third kappa shape index (κ3) is 1.89. The van der Waals surface area contributed by atoms with Crippen LogP contribution in [0.15, 0.2) is 18.5 Å². The molecule has 0 atom stereocenters. The number of hydrogen-bond donors (Lipinski definition) is 1. The highest BCUT2D eigenvalue weighted by Crippen LogP contribution is 2.24. The van der Waals surface area contributed by atoms with E-state index in [0.29, 0.717) is 5.69 Å². The molecule has 0 aliphatic carbocycles. The van der Waals surface area contributed by atoms with E-state index in [1.807, 2.05) is 0 Å². The van der Waals surface area contributed by atoms with Gasteiger partial charge >= 0.3 is 5.97 Å². The molecule has 17 heavy (non-hydrogen) atoms. The van der Waals surface area contributed by atoms with Crippen LogP contribution in [-0.2, 0) is 7.05 Å². The maximum Gasteiger partial charge on any atom is 0.354 e. The van der Waals surface area contributed by atoms with Crippen LogP contribution in [-0.4, -0.2) is 25.8 Å². The van der Waals surface area contributed by atoms with Crippen LogP contribution < -0.4 is 0 Å². The minimum Gasteiger partial charge on any atom is -0.477 e. The minimum atomic E-state index is -1.25. The maximum atomic E-state index is 13.8. The summed E-state index contributed by atoms with van der Waals surface area (Å²) in [6.07, 6.45) is 2.82. The molecule has 0 spiro atoms. The van der Waals surface area contributed by atoms with Gasteiger partial charge in [0.2, 0.25) is 0 Å². The molecule has 88 valence electrons. The molecule has 1 N–H and O–H groups in total. The molecule has 2 heterocycles. The van der Waals surface area contributed by atoms with Crippen LogP contribution in [0.25, 0.3) is 11.3 Å². The Morgan fingerprint density at radius 2 is 2.18 bits per heavy atom. The molecule has 2 aromatic heterocycles. The van der Waals surface area contributed by atoms with E-state index in [-0.39, 0.29) is 11.3 Å². The summed E-state index contributed by atoms with van der Waals surface area (Å²) in [4.78, 5) is 14.3. The third-order valence-corrected chi connectivity index (χ3v) is 2.45. The molecule has 2 aromatic rings. The molecule has 0 radical (unpaired) electrons. The standard InChI is InChI=1S/C11H10FN3O2/c1-6-4-14-15(2)10(6)7-5-13-9(11(16)17)3-8(7)12/h3-5H,1-2H3,(H,16,17). The Kier molecular flexibility index (Phi) is 2.63. The number of aromatic nitrogens is 3. The van der Waals surface area contributed by atoms with Crippen molar-refractivity contribution in [1.82, 2.24) is 14.8 Å². The molecular formula is C11H10FN3O2. The number of carboxylic acid groups (broad SMARTS) is 1. The fraction of sp³-hybridized carbons (Fsp3) is 0.182. The van der Waals surface area contributed by atoms with E-state index in [4.69, 9.17) is 5.11 Å². The average molecular weight is 235 g/mol. The quantitative estimate of drug-likeness (QED) is 0.858. The van der Waals surface area contributed by atoms with Gasteiger partial charge in [-0.25, -0.2) is 14.2 Å². The highest BCUT2D eigenvalue weighted by Gasteiger charge is 2.15. The summed E-state index contributed by atoms with van der Waals surface area (Å²) in [5, 5.41) is 12.7. The van der Waals surface area contributed by atoms with Crippen molar-refractivity contribution in [3.63, 3.8) is 0 Å². The summed E-state index contributed by atoms with van der Waals surface area (Å²) in [5.41, 5.74) is 1.32. The summed E-state index contributed by atoms with van der Waals surface area (Å²) in [6.45, 7) is 1.80. The zero-order valence-electron chi connectivity index (χ0n) is 9.31. The first-order valence-corrected chi connectivity index (χ1v) is 4.88. The van der Waals surface area contributed by atoms with Crippen molar-refractivity contribution in [1.29, 1.82) is 0 Å². The second kappa shape index (κ2) is 3.97. The number of aryl methyl sites for hydroxylation is 2. The van der Waals surface area contributed by atoms with Crippen molar-refractivity contribution in [2.75, 3.05) is 0 Å². The molecule has 0 aliphatic rings. The molecular weight excluding hydrogens is 225 g/mol. The predicted molar refractivity (Wildman–Crippen MR) is 58.1 cm³/mol. The van der Waals surface area contributed by atoms with Gasteiger partial charge in [-0.05, 0) is 12.5 Å². The topological polar surface area (TPSA) is 68.0 Å². The number of rotatable bonds is 2. The number of carboxylic acids is 1. The minimum absolute atomic E-state index is 0.243. The van der Waals surface area contributed by atoms with Crippen LogP contribution in [0.2, 0.25) is 0 Å². The van der Waals surface area contributed by atoms with E-state index in [1.54, 1.807) is 20.2 Å². The van der Waals surface area contributed by atoms with E-state index in [9.17, 15) is 9.18 Å². The summed E-state index contributed by atoms with van der Waals surface area (Å²) < 4.78 is 15.3. The van der Waals surface area contributed by atoms with Gasteiger partial charge in [0.15, 0.2) is 5.69 Å². The SMILES string of the molecule is Cc1cnn(C)c1-c1cnc(C(=O)O)cc1F. The van der Waals surface area contributed by atoms with Crippen LogP contribution in [0.3, 0.4) is 0 Å². The first-order chi connectivity index (χ1) is 8.00. The molecule has 2 rings (SSSR count). The van der Waals surface area contributed by atoms with E-state index in [0.717, 1.165) is 11.6 Å². The van der Waals surface area contributed by atoms with Gasteiger partial charge in [-0.15, -0.1) is 0 Å². The van der Waals surface area contributed by atoms with Crippen LogP contribution in [0.1, 0.15) is 16.1 Å². The number of aromatic carboxylic acids is 1. The Balaban J connectivity index is 2.58. The molecule has 0 aliphatic heterocycles. The number of hydrogen-bond acceptors (Lipinski definition) is 3. The monoisotopic (exact) mass is 235 g/mol. The number of nitrogens with zero attached hydrogens (tertiary/aromatic N) is 3. The van der Waals surface area contributed by atoms with Gasteiger partial charge in [0.25, 0.3) is 0 Å². The molecule has 0 fully saturated rings. The van der Waals surface area contributed by atoms with Crippen LogP contribution in [0.5, 0.6) is 0 Å². The van der Waals surface area contributed by atoms with Gasteiger partial charge in [0.05, 0.1) is 17.5 Å². The lowest BCUT2D eigenvalue weighted by molar-refractivity contribution is 0.0690. The second-order valence-corrected chi connectivity index (χ2v) is 3.65. The van der Waals surface area contributed by atoms with Crippen molar-refractivity contribution in [2.45, 2.75) is 6.92 Å². The summed E-state index contributed by atoms with van der Waals surface area (Å²) in [6, 6.07) is 0.907. The van der Waals surface area contributed by atoms with Gasteiger partial charge in [0, 0.05) is 19.3 Å². The molecule has 0 bridgehead atoms. The molecule has 0 saturated heterocycles. The lowest BCUT2D eigenvalue weighted by atomic mass is 10.1. The van der Waals surface area contributed by atoms with E-state index < -0.39 is 11.8 Å². The average Bonchev–Trinajstić information content (AvgIpc) is 2.59. The lowest BCUT2D eigenvalue weighted by Gasteiger charge is -2.05. The van der Waals surface area contributed by atoms with E-state index in [2.05, 4.69) is 10.1 Å². The van der Waals surface area contributed by atoms with Crippen molar-refractivity contribution in [3.8, 4) is 11.3 Å². The Bertz CT molecular complexity index is 573. The van der Waals surface area contributed by atoms with E-state index >= 15 is 0 Å². The Morgan fingerprint density at radius 3 is 2.65 bits per heavy atom. The highest BCUT2D eigenvalue weighted by molar-refractivity contribution is 5.85. The Morgan fingerprint density at radius 1 is 1.47 bits per heavy atom. The van der Waals surface area contributed by atoms with Crippen molar-refractivity contribution < 1.29 is 14.3 Å². The van der Waals surface area contributed by atoms with Gasteiger partial charge in [-0.1, -0.05) is 0 Å². The fourth-order valence-electron chi connectivity index (χ4n) is 1.66. The normalized spacial score (nSPS) is 10.5. The number of pyridine rings is 1. The highest BCUT2D eigenvalue weighted by atomic mass is 19.1. The first kappa shape index (κ1) is 11.3. The zero-order valence-corrected chi connectivity index (χ0v) is 9.31. The Labute approximate surface area is 96.5 Å². The van der Waals surface area contributed by atoms with Crippen LogP contribution in [0.4, 0.5) is 4.39 Å². The molecule has 5 nitrogen and oxygen atoms in total. The maximum absolute atomic E-state index is 13.8. The van der Waals surface area contributed by atoms with Crippen LogP contribution in [0, 0.1) is 12.7 Å². The van der Waals surface area contributed by atoms with Crippen molar-refractivity contribution in [2.24, 2.45) is 7.05 Å². The van der Waals surface area contributed by atoms with Gasteiger partial charge in [-0.2, -0.15) is 5.10 Å². The van der Waals surface area contributed by atoms with Gasteiger partial charge in [-0.3, -0.25) is 4.68 Å². The number of halogens is 1. The molecule has 0 unspecified atom stereocenters. The van der Waals surface area contributed by atoms with Crippen molar-refractivity contribution >= 4 is 5.97 Å². The number of carbonyl (C=O) groups is 1.